The topological polar surface area (TPSA) is 20.3 Å². The van der Waals surface area contributed by atoms with Crippen molar-refractivity contribution >= 4 is 29.1 Å². The van der Waals surface area contributed by atoms with Gasteiger partial charge in [-0.25, -0.2) is 4.39 Å². The first kappa shape index (κ1) is 17.8. The lowest BCUT2D eigenvalue weighted by Crippen LogP contribution is -2.30. The molecule has 1 atom stereocenters. The van der Waals surface area contributed by atoms with Crippen LogP contribution in [0.15, 0.2) is 42.5 Å². The van der Waals surface area contributed by atoms with Crippen LogP contribution in [0, 0.1) is 5.82 Å². The van der Waals surface area contributed by atoms with E-state index in [1.54, 1.807) is 42.3 Å². The smallest absolute Gasteiger partial charge is 0.223 e. The Morgan fingerprint density at radius 2 is 1.91 bits per heavy atom. The number of carbonyl (C=O) groups is 1. The highest BCUT2D eigenvalue weighted by Crippen LogP contribution is 2.29. The van der Waals surface area contributed by atoms with E-state index in [9.17, 15) is 9.18 Å². The van der Waals surface area contributed by atoms with E-state index in [-0.39, 0.29) is 24.2 Å². The van der Waals surface area contributed by atoms with Crippen LogP contribution in [0.5, 0.6) is 0 Å². The molecule has 0 heterocycles. The monoisotopic (exact) mass is 353 g/mol. The van der Waals surface area contributed by atoms with E-state index in [0.29, 0.717) is 22.0 Å². The van der Waals surface area contributed by atoms with Gasteiger partial charge in [0.05, 0.1) is 6.04 Å². The molecule has 2 rings (SSSR count). The van der Waals surface area contributed by atoms with Crippen molar-refractivity contribution in [3.63, 3.8) is 0 Å². The molecule has 0 radical (unpaired) electrons. The number of amides is 1. The molecule has 0 spiro atoms. The molecule has 0 bridgehead atoms. The van der Waals surface area contributed by atoms with Crippen molar-refractivity contribution in [1.29, 1.82) is 0 Å². The van der Waals surface area contributed by atoms with Gasteiger partial charge in [-0.3, -0.25) is 4.79 Å². The summed E-state index contributed by atoms with van der Waals surface area (Å²) in [5.74, 6) is -0.344. The number of carbonyl (C=O) groups excluding carboxylic acids is 1. The van der Waals surface area contributed by atoms with Crippen LogP contribution >= 0.6 is 23.2 Å². The van der Waals surface area contributed by atoms with Crippen molar-refractivity contribution in [3.05, 3.63) is 69.5 Å². The van der Waals surface area contributed by atoms with Gasteiger partial charge in [-0.15, -0.1) is 0 Å². The van der Waals surface area contributed by atoms with Crippen LogP contribution < -0.4 is 0 Å². The average Bonchev–Trinajstić information content (AvgIpc) is 2.52. The Labute approximate surface area is 145 Å². The minimum absolute atomic E-state index is 0.0632. The lowest BCUT2D eigenvalue weighted by atomic mass is 10.1. The molecule has 0 aliphatic heterocycles. The Hall–Kier alpha value is -1.58. The van der Waals surface area contributed by atoms with Crippen LogP contribution in [-0.4, -0.2) is 17.9 Å². The molecule has 0 N–H and O–H groups in total. The van der Waals surface area contributed by atoms with Crippen LogP contribution in [0.4, 0.5) is 4.39 Å². The molecule has 2 aromatic rings. The summed E-state index contributed by atoms with van der Waals surface area (Å²) in [5, 5.41) is 1.08. The van der Waals surface area contributed by atoms with Gasteiger partial charge in [0.2, 0.25) is 5.91 Å². The van der Waals surface area contributed by atoms with Crippen LogP contribution in [0.2, 0.25) is 10.0 Å². The van der Waals surface area contributed by atoms with Gasteiger partial charge >= 0.3 is 0 Å². The summed E-state index contributed by atoms with van der Waals surface area (Å²) in [6.07, 6.45) is 0.615. The third kappa shape index (κ3) is 4.46. The van der Waals surface area contributed by atoms with Crippen molar-refractivity contribution in [2.75, 3.05) is 7.05 Å². The molecule has 0 saturated heterocycles. The summed E-state index contributed by atoms with van der Waals surface area (Å²) in [5.41, 5.74) is 1.38. The number of rotatable bonds is 5. The van der Waals surface area contributed by atoms with Crippen molar-refractivity contribution in [1.82, 2.24) is 4.90 Å². The Bertz CT molecular complexity index is 705. The van der Waals surface area contributed by atoms with Gasteiger partial charge in [0.1, 0.15) is 5.82 Å². The Balaban J connectivity index is 2.03. The second-order valence-corrected chi connectivity index (χ2v) is 6.28. The van der Waals surface area contributed by atoms with Gasteiger partial charge in [-0.1, -0.05) is 47.5 Å². The van der Waals surface area contributed by atoms with Crippen LogP contribution in [0.1, 0.15) is 30.5 Å². The van der Waals surface area contributed by atoms with Gasteiger partial charge in [-0.2, -0.15) is 0 Å². The highest BCUT2D eigenvalue weighted by atomic mass is 35.5. The summed E-state index contributed by atoms with van der Waals surface area (Å²) in [4.78, 5) is 14.0. The summed E-state index contributed by atoms with van der Waals surface area (Å²) in [6, 6.07) is 11.5. The fourth-order valence-electron chi connectivity index (χ4n) is 2.38. The van der Waals surface area contributed by atoms with E-state index in [2.05, 4.69) is 0 Å². The predicted octanol–water partition coefficient (Wildman–Crippen LogP) is 5.28. The normalized spacial score (nSPS) is 12.0. The Kier molecular flexibility index (Phi) is 6.03. The van der Waals surface area contributed by atoms with E-state index >= 15 is 0 Å². The molecule has 1 unspecified atom stereocenters. The van der Waals surface area contributed by atoms with Crippen molar-refractivity contribution in [2.45, 2.75) is 25.8 Å². The number of hydrogen-bond donors (Lipinski definition) is 0. The minimum atomic E-state index is -0.281. The van der Waals surface area contributed by atoms with Crippen molar-refractivity contribution < 1.29 is 9.18 Å². The molecular formula is C18H18Cl2FNO. The van der Waals surface area contributed by atoms with Gasteiger partial charge in [0, 0.05) is 23.5 Å². The molecule has 1 amide bonds. The van der Waals surface area contributed by atoms with E-state index in [4.69, 9.17) is 23.2 Å². The van der Waals surface area contributed by atoms with E-state index in [0.717, 1.165) is 5.56 Å². The molecule has 0 aliphatic carbocycles. The number of halogens is 3. The molecule has 5 heteroatoms. The Morgan fingerprint density at radius 1 is 1.22 bits per heavy atom. The second-order valence-electron chi connectivity index (χ2n) is 5.44. The number of benzene rings is 2. The molecule has 23 heavy (non-hydrogen) atoms. The molecular weight excluding hydrogens is 336 g/mol. The quantitative estimate of drug-likeness (QED) is 0.715. The summed E-state index contributed by atoms with van der Waals surface area (Å²) in [6.45, 7) is 1.90. The average molecular weight is 354 g/mol. The maximum absolute atomic E-state index is 13.6. The highest BCUT2D eigenvalue weighted by molar-refractivity contribution is 6.35. The molecule has 0 saturated carbocycles. The van der Waals surface area contributed by atoms with E-state index in [1.807, 2.05) is 13.0 Å². The third-order valence-electron chi connectivity index (χ3n) is 3.95. The fourth-order valence-corrected chi connectivity index (χ4v) is 2.95. The molecule has 0 aliphatic rings. The maximum Gasteiger partial charge on any atom is 0.223 e. The predicted molar refractivity (Wildman–Crippen MR) is 92.4 cm³/mol. The van der Waals surface area contributed by atoms with Crippen LogP contribution in [0.3, 0.4) is 0 Å². The number of nitrogens with zero attached hydrogens (tertiary/aromatic N) is 1. The van der Waals surface area contributed by atoms with E-state index in [1.165, 1.54) is 6.07 Å². The van der Waals surface area contributed by atoms with Gasteiger partial charge in [-0.05, 0) is 42.7 Å². The standard InChI is InChI=1S/C18H18Cl2FNO/c1-12(15-9-8-14(19)11-16(15)20)22(2)18(23)10-7-13-5-3-4-6-17(13)21/h3-6,8-9,11-12H,7,10H2,1-2H3. The zero-order valence-electron chi connectivity index (χ0n) is 13.0. The lowest BCUT2D eigenvalue weighted by molar-refractivity contribution is -0.131. The van der Waals surface area contributed by atoms with Crippen molar-refractivity contribution in [3.8, 4) is 0 Å². The second kappa shape index (κ2) is 7.80. The summed E-state index contributed by atoms with van der Waals surface area (Å²) < 4.78 is 13.6. The Morgan fingerprint density at radius 3 is 2.57 bits per heavy atom. The molecule has 2 nitrogen and oxygen atoms in total. The van der Waals surface area contributed by atoms with Crippen LogP contribution in [0.25, 0.3) is 0 Å². The third-order valence-corrected chi connectivity index (χ3v) is 4.52. The zero-order chi connectivity index (χ0) is 17.0. The SMILES string of the molecule is CC(c1ccc(Cl)cc1Cl)N(C)C(=O)CCc1ccccc1F. The van der Waals surface area contributed by atoms with Crippen LogP contribution in [-0.2, 0) is 11.2 Å². The maximum atomic E-state index is 13.6. The first-order chi connectivity index (χ1) is 10.9. The highest BCUT2D eigenvalue weighted by Gasteiger charge is 2.19. The lowest BCUT2D eigenvalue weighted by Gasteiger charge is -2.26. The van der Waals surface area contributed by atoms with Crippen molar-refractivity contribution in [2.24, 2.45) is 0 Å². The minimum Gasteiger partial charge on any atom is -0.339 e. The summed E-state index contributed by atoms with van der Waals surface area (Å²) in [7, 11) is 1.72. The van der Waals surface area contributed by atoms with E-state index < -0.39 is 0 Å². The number of aryl methyl sites for hydroxylation is 1. The first-order valence-corrected chi connectivity index (χ1v) is 8.09. The number of hydrogen-bond acceptors (Lipinski definition) is 1. The van der Waals surface area contributed by atoms with Gasteiger partial charge < -0.3 is 4.90 Å². The molecule has 0 fully saturated rings. The summed E-state index contributed by atoms with van der Waals surface area (Å²) >= 11 is 12.1. The zero-order valence-corrected chi connectivity index (χ0v) is 14.5. The molecule has 2 aromatic carbocycles. The fraction of sp³-hybridized carbons (Fsp3) is 0.278. The molecule has 122 valence electrons. The van der Waals surface area contributed by atoms with Gasteiger partial charge in [0.15, 0.2) is 0 Å². The van der Waals surface area contributed by atoms with Gasteiger partial charge in [0.25, 0.3) is 0 Å². The largest absolute Gasteiger partial charge is 0.339 e. The first-order valence-electron chi connectivity index (χ1n) is 7.34. The molecule has 0 aromatic heterocycles.